The van der Waals surface area contributed by atoms with Crippen molar-refractivity contribution in [3.63, 3.8) is 0 Å². The SMILES string of the molecule is CCCCOC(=O)CCCCCN1C=C(/C=C/C2=C(Cl)C(=C/C=C3/N(CCCCCC(=O)O)c4ccccc4C3(C)C)/CCC2)C(C)(C)c2ccccc21. The van der Waals surface area contributed by atoms with E-state index in [0.717, 1.165) is 82.3 Å². The van der Waals surface area contributed by atoms with Crippen LogP contribution in [-0.4, -0.2) is 36.7 Å². The second-order valence-electron chi connectivity index (χ2n) is 16.1. The molecule has 0 unspecified atom stereocenters. The number of hydrogen-bond donors (Lipinski definition) is 1. The molecular weight excluding hydrogens is 692 g/mol. The van der Waals surface area contributed by atoms with Crippen LogP contribution < -0.4 is 9.80 Å². The maximum atomic E-state index is 12.1. The molecule has 0 amide bonds. The number of carbonyl (C=O) groups excluding carboxylic acids is 1. The van der Waals surface area contributed by atoms with E-state index < -0.39 is 5.97 Å². The number of halogens is 1. The van der Waals surface area contributed by atoms with Crippen LogP contribution in [0.3, 0.4) is 0 Å². The number of hydrogen-bond acceptors (Lipinski definition) is 5. The minimum atomic E-state index is -0.727. The van der Waals surface area contributed by atoms with Crippen molar-refractivity contribution in [2.45, 2.75) is 129 Å². The fourth-order valence-corrected chi connectivity index (χ4v) is 8.37. The highest BCUT2D eigenvalue weighted by molar-refractivity contribution is 6.32. The molecule has 290 valence electrons. The van der Waals surface area contributed by atoms with E-state index >= 15 is 0 Å². The Balaban J connectivity index is 1.32. The van der Waals surface area contributed by atoms with Gasteiger partial charge in [-0.1, -0.05) is 120 Å². The first kappa shape index (κ1) is 41.1. The highest BCUT2D eigenvalue weighted by Crippen LogP contribution is 2.48. The van der Waals surface area contributed by atoms with E-state index in [4.69, 9.17) is 21.4 Å². The van der Waals surface area contributed by atoms with Crippen molar-refractivity contribution >= 4 is 34.9 Å². The van der Waals surface area contributed by atoms with Crippen LogP contribution in [0.4, 0.5) is 11.4 Å². The molecule has 2 aromatic rings. The maximum absolute atomic E-state index is 12.1. The van der Waals surface area contributed by atoms with E-state index in [2.05, 4.69) is 123 Å². The van der Waals surface area contributed by atoms with E-state index in [1.54, 1.807) is 0 Å². The van der Waals surface area contributed by atoms with Crippen LogP contribution in [-0.2, 0) is 25.2 Å². The van der Waals surface area contributed by atoms with Gasteiger partial charge in [-0.3, -0.25) is 9.59 Å². The molecule has 0 saturated heterocycles. The Morgan fingerprint density at radius 2 is 1.46 bits per heavy atom. The van der Waals surface area contributed by atoms with E-state index in [1.807, 2.05) is 0 Å². The molecule has 0 atom stereocenters. The summed E-state index contributed by atoms with van der Waals surface area (Å²) >= 11 is 7.24. The monoisotopic (exact) mass is 752 g/mol. The largest absolute Gasteiger partial charge is 0.481 e. The van der Waals surface area contributed by atoms with Gasteiger partial charge in [0.15, 0.2) is 0 Å². The zero-order chi connectivity index (χ0) is 38.7. The standard InChI is InChI=1S/C47H61ClN2O4/c1-6-7-33-54-44(53)26-11-9-16-31-49-34-37(46(2,3)38-21-12-14-23-40(38)49)29-27-35-19-18-20-36(45(35)48)28-30-42-47(4,5)39-22-13-15-24-41(39)50(42)32-17-8-10-25-43(51)52/h12-15,21-24,27-30,34H,6-11,16-20,25-26,31-33H2,1-5H3,(H,51,52)/b29-27+,36-28+,42-30+. The quantitative estimate of drug-likeness (QED) is 0.121. The Hall–Kier alpha value is -4.03. The van der Waals surface area contributed by atoms with E-state index in [0.29, 0.717) is 19.4 Å². The summed E-state index contributed by atoms with van der Waals surface area (Å²) in [4.78, 5) is 27.9. The highest BCUT2D eigenvalue weighted by Gasteiger charge is 2.39. The van der Waals surface area contributed by atoms with Crippen LogP contribution in [0.25, 0.3) is 0 Å². The maximum Gasteiger partial charge on any atom is 0.305 e. The van der Waals surface area contributed by atoms with Crippen LogP contribution in [0.15, 0.2) is 106 Å². The van der Waals surface area contributed by atoms with Gasteiger partial charge in [0, 0.05) is 65.1 Å². The fraction of sp³-hybridized carbons (Fsp3) is 0.489. The number of unbranched alkanes of at least 4 members (excludes halogenated alkanes) is 5. The Morgan fingerprint density at radius 1 is 0.796 bits per heavy atom. The Kier molecular flexibility index (Phi) is 14.5. The molecule has 2 aliphatic heterocycles. The number of anilines is 2. The lowest BCUT2D eigenvalue weighted by Crippen LogP contribution is -2.32. The second kappa shape index (κ2) is 19.0. The molecule has 7 heteroatoms. The molecule has 3 aliphatic rings. The first-order chi connectivity index (χ1) is 25.9. The van der Waals surface area contributed by atoms with E-state index in [-0.39, 0.29) is 23.2 Å². The van der Waals surface area contributed by atoms with Crippen molar-refractivity contribution in [2.75, 3.05) is 29.5 Å². The van der Waals surface area contributed by atoms with Gasteiger partial charge in [-0.2, -0.15) is 0 Å². The van der Waals surface area contributed by atoms with Crippen molar-refractivity contribution < 1.29 is 19.4 Å². The number of para-hydroxylation sites is 2. The van der Waals surface area contributed by atoms with Gasteiger partial charge >= 0.3 is 11.9 Å². The molecule has 1 aliphatic carbocycles. The molecule has 5 rings (SSSR count). The van der Waals surface area contributed by atoms with Gasteiger partial charge in [0.25, 0.3) is 0 Å². The summed E-state index contributed by atoms with van der Waals surface area (Å²) in [5.74, 6) is -0.808. The number of rotatable bonds is 18. The molecule has 2 heterocycles. The molecule has 0 aromatic heterocycles. The van der Waals surface area contributed by atoms with Crippen molar-refractivity contribution in [3.05, 3.63) is 118 Å². The fourth-order valence-electron chi connectivity index (χ4n) is 8.06. The molecule has 54 heavy (non-hydrogen) atoms. The average Bonchev–Trinajstić information content (AvgIpc) is 3.36. The minimum Gasteiger partial charge on any atom is -0.481 e. The lowest BCUT2D eigenvalue weighted by atomic mass is 9.74. The summed E-state index contributed by atoms with van der Waals surface area (Å²) in [7, 11) is 0. The van der Waals surface area contributed by atoms with Crippen LogP contribution in [0.2, 0.25) is 0 Å². The number of esters is 1. The number of aliphatic carboxylic acids is 1. The van der Waals surface area contributed by atoms with Crippen LogP contribution in [0.1, 0.15) is 129 Å². The summed E-state index contributed by atoms with van der Waals surface area (Å²) in [6.45, 7) is 13.6. The Labute approximate surface area is 329 Å². The number of fused-ring (bicyclic) bond motifs is 2. The summed E-state index contributed by atoms with van der Waals surface area (Å²) in [6, 6.07) is 17.4. The summed E-state index contributed by atoms with van der Waals surface area (Å²) in [5, 5.41) is 9.94. The Morgan fingerprint density at radius 3 is 2.19 bits per heavy atom. The third-order valence-corrected chi connectivity index (χ3v) is 11.9. The van der Waals surface area contributed by atoms with Crippen molar-refractivity contribution in [3.8, 4) is 0 Å². The zero-order valence-electron chi connectivity index (χ0n) is 33.3. The van der Waals surface area contributed by atoms with Crippen molar-refractivity contribution in [2.24, 2.45) is 0 Å². The zero-order valence-corrected chi connectivity index (χ0v) is 34.0. The van der Waals surface area contributed by atoms with Crippen LogP contribution in [0.5, 0.6) is 0 Å². The number of carbonyl (C=O) groups is 2. The molecule has 1 N–H and O–H groups in total. The van der Waals surface area contributed by atoms with Gasteiger partial charge in [-0.15, -0.1) is 0 Å². The predicted molar refractivity (Wildman–Crippen MR) is 224 cm³/mol. The lowest BCUT2D eigenvalue weighted by Gasteiger charge is -2.39. The van der Waals surface area contributed by atoms with Crippen molar-refractivity contribution in [1.82, 2.24) is 0 Å². The van der Waals surface area contributed by atoms with Gasteiger partial charge in [0.1, 0.15) is 0 Å². The van der Waals surface area contributed by atoms with E-state index in [1.165, 1.54) is 44.9 Å². The van der Waals surface area contributed by atoms with Gasteiger partial charge in [0.2, 0.25) is 0 Å². The molecular formula is C47H61ClN2O4. The Bertz CT molecular complexity index is 1800. The molecule has 0 radical (unpaired) electrons. The number of ether oxygens (including phenoxy) is 1. The lowest BCUT2D eigenvalue weighted by molar-refractivity contribution is -0.144. The van der Waals surface area contributed by atoms with Crippen molar-refractivity contribution in [1.29, 1.82) is 0 Å². The van der Waals surface area contributed by atoms with Gasteiger partial charge in [-0.05, 0) is 97.4 Å². The molecule has 0 spiro atoms. The molecule has 6 nitrogen and oxygen atoms in total. The second-order valence-corrected chi connectivity index (χ2v) is 16.5. The van der Waals surface area contributed by atoms with E-state index in [9.17, 15) is 9.59 Å². The highest BCUT2D eigenvalue weighted by atomic mass is 35.5. The molecule has 2 aromatic carbocycles. The summed E-state index contributed by atoms with van der Waals surface area (Å²) in [6.07, 6.45) is 22.3. The molecule has 0 saturated carbocycles. The third-order valence-electron chi connectivity index (χ3n) is 11.4. The normalized spacial score (nSPS) is 19.0. The smallest absolute Gasteiger partial charge is 0.305 e. The first-order valence-electron chi connectivity index (χ1n) is 20.3. The number of nitrogens with zero attached hydrogens (tertiary/aromatic N) is 2. The number of carboxylic acid groups (broad SMARTS) is 1. The van der Waals surface area contributed by atoms with Gasteiger partial charge in [-0.25, -0.2) is 0 Å². The first-order valence-corrected chi connectivity index (χ1v) is 20.6. The minimum absolute atomic E-state index is 0.0807. The number of allylic oxidation sites excluding steroid dienone is 9. The number of carboxylic acids is 1. The van der Waals surface area contributed by atoms with Crippen LogP contribution in [0, 0.1) is 0 Å². The van der Waals surface area contributed by atoms with Gasteiger partial charge in [0.05, 0.1) is 6.61 Å². The topological polar surface area (TPSA) is 70.1 Å². The predicted octanol–water partition coefficient (Wildman–Crippen LogP) is 12.1. The molecule has 0 fully saturated rings. The summed E-state index contributed by atoms with van der Waals surface area (Å²) in [5.41, 5.74) is 9.62. The van der Waals surface area contributed by atoms with Crippen LogP contribution >= 0.6 is 11.6 Å². The third kappa shape index (κ3) is 9.98. The average molecular weight is 753 g/mol. The van der Waals surface area contributed by atoms with Gasteiger partial charge < -0.3 is 19.6 Å². The number of benzene rings is 2. The summed E-state index contributed by atoms with van der Waals surface area (Å²) < 4.78 is 5.34. The molecule has 0 bridgehead atoms.